The Morgan fingerprint density at radius 3 is 1.45 bits per heavy atom. The Bertz CT molecular complexity index is 5070. The van der Waals surface area contributed by atoms with Gasteiger partial charge in [-0.1, -0.05) is 175 Å². The minimum absolute atomic E-state index is 0.0299. The summed E-state index contributed by atoms with van der Waals surface area (Å²) in [7, 11) is 6.54. The van der Waals surface area contributed by atoms with E-state index >= 15 is 33.6 Å². The number of hydrogen-bond donors (Lipinski definition) is 14. The van der Waals surface area contributed by atoms with Crippen molar-refractivity contribution in [3.63, 3.8) is 0 Å². The second kappa shape index (κ2) is 48.9. The zero-order valence-corrected chi connectivity index (χ0v) is 74.9. The number of primary amides is 1. The zero-order valence-electron chi connectivity index (χ0n) is 74.1. The lowest BCUT2D eigenvalue weighted by atomic mass is 9.98. The van der Waals surface area contributed by atoms with Crippen LogP contribution in [0.5, 0.6) is 11.5 Å². The summed E-state index contributed by atoms with van der Waals surface area (Å²) >= 11 is 0.829. The summed E-state index contributed by atoms with van der Waals surface area (Å²) in [6, 6.07) is 27.1. The van der Waals surface area contributed by atoms with E-state index in [-0.39, 0.29) is 74.5 Å². The molecule has 8 rings (SSSR count). The molecule has 0 aliphatic carbocycles. The summed E-state index contributed by atoms with van der Waals surface area (Å²) in [5, 5.41) is 55.6. The molecule has 0 spiro atoms. The minimum atomic E-state index is -1.91. The van der Waals surface area contributed by atoms with Crippen molar-refractivity contribution >= 4 is 117 Å². The molecule has 1 unspecified atom stereocenters. The number of phenolic OH excluding ortho intramolecular Hbond substituents is 2. The van der Waals surface area contributed by atoms with Gasteiger partial charge in [0.25, 0.3) is 0 Å². The van der Waals surface area contributed by atoms with Crippen molar-refractivity contribution in [2.24, 2.45) is 17.6 Å². The number of H-pyrrole nitrogens is 1. The number of phenols is 2. The maximum atomic E-state index is 15.5. The van der Waals surface area contributed by atoms with Gasteiger partial charge in [-0.15, -0.1) is 11.8 Å². The number of aromatic hydroxyl groups is 2. The average Bonchev–Trinajstić information content (AvgIpc) is 1.09. The van der Waals surface area contributed by atoms with Gasteiger partial charge in [0.15, 0.2) is 0 Å². The van der Waals surface area contributed by atoms with E-state index in [9.17, 15) is 58.5 Å². The van der Waals surface area contributed by atoms with E-state index < -0.39 is 199 Å². The fourth-order valence-electron chi connectivity index (χ4n) is 15.0. The Balaban J connectivity index is 1.21. The summed E-state index contributed by atoms with van der Waals surface area (Å²) in [4.78, 5) is 243. The molecule has 690 valence electrons. The molecule has 15 amide bonds. The Morgan fingerprint density at radius 2 is 0.915 bits per heavy atom. The molecule has 1 saturated heterocycles. The predicted octanol–water partition coefficient (Wildman–Crippen LogP) is 2.33. The van der Waals surface area contributed by atoms with Crippen molar-refractivity contribution in [1.29, 1.82) is 0 Å². The molecule has 1 aromatic heterocycles. The van der Waals surface area contributed by atoms with E-state index in [4.69, 9.17) is 5.73 Å². The van der Waals surface area contributed by atoms with Crippen molar-refractivity contribution < 1.29 is 92.0 Å². The molecule has 0 bridgehead atoms. The van der Waals surface area contributed by atoms with E-state index in [1.165, 1.54) is 93.6 Å². The van der Waals surface area contributed by atoms with Crippen molar-refractivity contribution in [2.45, 2.75) is 172 Å². The van der Waals surface area contributed by atoms with E-state index in [0.29, 0.717) is 57.1 Å². The van der Waals surface area contributed by atoms with E-state index in [2.05, 4.69) is 52.8 Å². The number of aromatic amines is 1. The van der Waals surface area contributed by atoms with Crippen LogP contribution in [0.15, 0.2) is 170 Å². The largest absolute Gasteiger partial charge is 0.508 e. The minimum Gasteiger partial charge on any atom is -0.508 e. The summed E-state index contributed by atoms with van der Waals surface area (Å²) in [6.45, 7) is 6.17. The highest BCUT2D eigenvalue weighted by atomic mass is 32.2. The molecule has 0 saturated carbocycles. The van der Waals surface area contributed by atoms with Crippen LogP contribution in [0.2, 0.25) is 0 Å². The highest BCUT2D eigenvalue weighted by molar-refractivity contribution is 8.00. The van der Waals surface area contributed by atoms with Gasteiger partial charge in [0.1, 0.15) is 78.0 Å². The number of carbonyl (C=O) groups excluding carboxylic acids is 15. The highest BCUT2D eigenvalue weighted by Crippen LogP contribution is 2.25. The molecule has 129 heavy (non-hydrogen) atoms. The van der Waals surface area contributed by atoms with Crippen LogP contribution in [-0.4, -0.2) is 272 Å². The van der Waals surface area contributed by atoms with Crippen molar-refractivity contribution in [3.8, 4) is 11.5 Å². The maximum Gasteiger partial charge on any atom is 0.305 e. The van der Waals surface area contributed by atoms with E-state index in [1.54, 1.807) is 149 Å². The van der Waals surface area contributed by atoms with Crippen LogP contribution < -0.4 is 53.6 Å². The van der Waals surface area contributed by atoms with Gasteiger partial charge in [-0.2, -0.15) is 0 Å². The Morgan fingerprint density at radius 1 is 0.457 bits per heavy atom. The molecule has 1 aliphatic heterocycles. The highest BCUT2D eigenvalue weighted by Gasteiger charge is 2.42. The van der Waals surface area contributed by atoms with Crippen LogP contribution in [-0.2, 0) is 115 Å². The number of nitrogens with zero attached hydrogens (tertiary/aromatic N) is 5. The summed E-state index contributed by atoms with van der Waals surface area (Å²) < 4.78 is 0. The predicted molar refractivity (Wildman–Crippen MR) is 482 cm³/mol. The third-order valence-corrected chi connectivity index (χ3v) is 23.1. The number of carboxylic acid groups (broad SMARTS) is 1. The van der Waals surface area contributed by atoms with Gasteiger partial charge >= 0.3 is 5.97 Å². The quantitative estimate of drug-likeness (QED) is 0.0437. The van der Waals surface area contributed by atoms with E-state index in [1.807, 2.05) is 6.92 Å². The summed E-state index contributed by atoms with van der Waals surface area (Å²) in [5.74, 6) is -17.4. The Kier molecular flexibility index (Phi) is 38.2. The van der Waals surface area contributed by atoms with Crippen molar-refractivity contribution in [3.05, 3.63) is 203 Å². The fourth-order valence-corrected chi connectivity index (χ4v) is 15.8. The van der Waals surface area contributed by atoms with Crippen molar-refractivity contribution in [1.82, 2.24) is 77.3 Å². The van der Waals surface area contributed by atoms with Crippen molar-refractivity contribution in [2.75, 3.05) is 66.4 Å². The number of benzene rings is 6. The van der Waals surface area contributed by atoms with Gasteiger partial charge in [-0.05, 0) is 94.5 Å². The molecular weight excluding hydrogens is 1680 g/mol. The van der Waals surface area contributed by atoms with Gasteiger partial charge in [-0.3, -0.25) is 76.7 Å². The number of unbranched alkanes of at least 4 members (excludes halogenated alkanes) is 1. The summed E-state index contributed by atoms with van der Waals surface area (Å²) in [5.41, 5.74) is 9.13. The Labute approximate surface area is 753 Å². The topological polar surface area (TPSA) is 500 Å². The molecule has 11 atom stereocenters. The maximum absolute atomic E-state index is 15.5. The molecule has 36 heteroatoms. The number of rotatable bonds is 23. The molecular formula is C93H118N16O19S. The molecule has 1 aliphatic rings. The first-order chi connectivity index (χ1) is 61.4. The Hall–Kier alpha value is -13.7. The van der Waals surface area contributed by atoms with Crippen LogP contribution in [0.1, 0.15) is 100 Å². The monoisotopic (exact) mass is 1790 g/mol. The molecule has 7 aromatic rings. The molecule has 35 nitrogen and oxygen atoms in total. The number of thioether (sulfide) groups is 1. The normalized spacial score (nSPS) is 21.9. The molecule has 2 heterocycles. The number of aromatic nitrogens is 1. The lowest BCUT2D eigenvalue weighted by Gasteiger charge is -2.37. The van der Waals surface area contributed by atoms with Crippen LogP contribution in [0.3, 0.4) is 0 Å². The smallest absolute Gasteiger partial charge is 0.305 e. The van der Waals surface area contributed by atoms with Gasteiger partial charge in [-0.25, -0.2) is 0 Å². The van der Waals surface area contributed by atoms with Gasteiger partial charge < -0.3 is 98.4 Å². The first-order valence-electron chi connectivity index (χ1n) is 42.7. The lowest BCUT2D eigenvalue weighted by Crippen LogP contribution is -2.61. The average molecular weight is 1800 g/mol. The molecule has 0 radical (unpaired) electrons. The van der Waals surface area contributed by atoms with Gasteiger partial charge in [0.2, 0.25) is 88.6 Å². The number of carboxylic acids is 1. The molecule has 15 N–H and O–H groups in total. The number of amides is 15. The summed E-state index contributed by atoms with van der Waals surface area (Å²) in [6.07, 6.45) is 0.141. The van der Waals surface area contributed by atoms with Gasteiger partial charge in [0.05, 0.1) is 31.8 Å². The second-order valence-corrected chi connectivity index (χ2v) is 34.1. The van der Waals surface area contributed by atoms with Crippen LogP contribution in [0.25, 0.3) is 10.9 Å². The fraction of sp³-hybridized carbons (Fsp3) is 0.419. The number of hydrogen-bond acceptors (Lipinski definition) is 19. The standard InChI is InChI=1S/C93H118N16O19S/c1-11-12-31-74-91(126)106(7)52-79(114)98-70(49-81(116)117)87(122)104-82(56(4)5)93(128)108(9)75(46-58-25-18-14-19-26-58)88(123)102-71(45-61-34-38-64(111)39-35-61)89(124)105(6)51-78(113)97-69(48-62-29-22-30-66-65(62)40-41-95-66)86(121)101-68(43-60-32-36-63(110)37-33-60)85(120)100-67(42-55(2)3)84(119)103-73(83(118)96-50-77(94)112)53-129-54-80(115)99-72(44-57-23-16-13-17-24-57)90(125)109(10)76(92(127)107(74)8)47-59-27-20-15-21-28-59/h13-30,32-41,55-56,67-76,82,95,110-111H,11-12,31,42-54H2,1-10H3,(H2,94,112)(H,96,118)(H,97,113)(H,98,114)(H,99,115)(H,100,120)(H,101,121)(H,102,123)(H,103,119)(H,104,122)(H,116,117)/t67-,68+,69-,70-,71-,72?,73-,74-,75-,76-,82-/m0/s1. The lowest BCUT2D eigenvalue weighted by molar-refractivity contribution is -0.151. The third-order valence-electron chi connectivity index (χ3n) is 22.1. The number of nitrogens with one attached hydrogen (secondary N) is 10. The van der Waals surface area contributed by atoms with E-state index in [0.717, 1.165) is 26.5 Å². The zero-order chi connectivity index (χ0) is 94.3. The first kappa shape index (κ1) is 101. The van der Waals surface area contributed by atoms with Crippen LogP contribution in [0.4, 0.5) is 0 Å². The molecule has 6 aromatic carbocycles. The van der Waals surface area contributed by atoms with Gasteiger partial charge in [0, 0.05) is 96.6 Å². The molecule has 1 fully saturated rings. The van der Waals surface area contributed by atoms with Crippen LogP contribution >= 0.6 is 11.8 Å². The third kappa shape index (κ3) is 30.5. The SMILES string of the molecule is CCCC[C@H]1C(=O)N(C)CC(=O)N[C@@H](CC(=O)O)C(=O)N[C@@H](C(C)C)C(=O)N(C)[C@@H](Cc2ccccc2)C(=O)N[C@@H](Cc2ccc(O)cc2)C(=O)N(C)CC(=O)N[C@@H](Cc2cccc3[nH]ccc23)C(=O)N[C@H](Cc2ccc(O)cc2)C(=O)N[C@@H](CC(C)C)C(=O)N[C@H](C(=O)NCC(N)=O)CSCC(=O)NC(Cc2ccccc2)C(=O)N(C)[C@@H](Cc2ccccc2)C(=O)N1C. The number of carbonyl (C=O) groups is 16. The second-order valence-electron chi connectivity index (χ2n) is 33.1. The number of aliphatic carboxylic acids is 1. The number of nitrogens with two attached hydrogens (primary N) is 1. The number of likely N-dealkylation sites (N-methyl/N-ethyl adjacent to an activating group) is 5. The first-order valence-corrected chi connectivity index (χ1v) is 43.8. The van der Waals surface area contributed by atoms with Crippen LogP contribution in [0, 0.1) is 11.8 Å². The number of fused-ring (bicyclic) bond motifs is 1.